The Bertz CT molecular complexity index is 134. The standard InChI is InChI=1S/C9H16OS/c1-11-9-4-6-2-7(5-10)8(9)3-6/h6-10H,2-5H2,1H3/t6-,7-,8-,9-/m1/s1. The maximum Gasteiger partial charge on any atom is 0.0462 e. The van der Waals surface area contributed by atoms with Crippen LogP contribution in [0.2, 0.25) is 0 Å². The Hall–Kier alpha value is 0.310. The fourth-order valence-electron chi connectivity index (χ4n) is 2.91. The van der Waals surface area contributed by atoms with E-state index in [1.165, 1.54) is 19.3 Å². The Labute approximate surface area is 72.6 Å². The van der Waals surface area contributed by atoms with Crippen molar-refractivity contribution in [3.8, 4) is 0 Å². The van der Waals surface area contributed by atoms with Gasteiger partial charge in [0.25, 0.3) is 0 Å². The van der Waals surface area contributed by atoms with Gasteiger partial charge in [-0.3, -0.25) is 0 Å². The molecular weight excluding hydrogens is 156 g/mol. The summed E-state index contributed by atoms with van der Waals surface area (Å²) in [6.07, 6.45) is 6.33. The summed E-state index contributed by atoms with van der Waals surface area (Å²) in [7, 11) is 0. The second-order valence-corrected chi connectivity index (χ2v) is 5.03. The summed E-state index contributed by atoms with van der Waals surface area (Å²) in [5.41, 5.74) is 0. The Morgan fingerprint density at radius 2 is 2.18 bits per heavy atom. The smallest absolute Gasteiger partial charge is 0.0462 e. The first-order valence-corrected chi connectivity index (χ1v) is 5.77. The second-order valence-electron chi connectivity index (χ2n) is 3.95. The number of rotatable bonds is 2. The van der Waals surface area contributed by atoms with Gasteiger partial charge in [-0.25, -0.2) is 0 Å². The molecule has 2 saturated carbocycles. The van der Waals surface area contributed by atoms with Gasteiger partial charge in [-0.15, -0.1) is 0 Å². The van der Waals surface area contributed by atoms with E-state index in [9.17, 15) is 0 Å². The van der Waals surface area contributed by atoms with Crippen molar-refractivity contribution in [3.05, 3.63) is 0 Å². The topological polar surface area (TPSA) is 20.2 Å². The Kier molecular flexibility index (Phi) is 2.15. The molecule has 0 aromatic heterocycles. The van der Waals surface area contributed by atoms with Crippen LogP contribution in [0.4, 0.5) is 0 Å². The van der Waals surface area contributed by atoms with Crippen molar-refractivity contribution < 1.29 is 5.11 Å². The lowest BCUT2D eigenvalue weighted by Crippen LogP contribution is -2.24. The number of aliphatic hydroxyl groups excluding tert-OH is 1. The zero-order chi connectivity index (χ0) is 7.84. The molecule has 0 radical (unpaired) electrons. The van der Waals surface area contributed by atoms with Crippen molar-refractivity contribution in [1.82, 2.24) is 0 Å². The zero-order valence-corrected chi connectivity index (χ0v) is 7.81. The van der Waals surface area contributed by atoms with Crippen molar-refractivity contribution >= 4 is 11.8 Å². The van der Waals surface area contributed by atoms with E-state index in [4.69, 9.17) is 5.11 Å². The van der Waals surface area contributed by atoms with Gasteiger partial charge in [0.2, 0.25) is 0 Å². The quantitative estimate of drug-likeness (QED) is 0.685. The van der Waals surface area contributed by atoms with E-state index in [1.54, 1.807) is 0 Å². The Morgan fingerprint density at radius 1 is 1.36 bits per heavy atom. The molecule has 1 N–H and O–H groups in total. The Morgan fingerprint density at radius 3 is 2.73 bits per heavy atom. The third-order valence-corrected chi connectivity index (χ3v) is 4.58. The summed E-state index contributed by atoms with van der Waals surface area (Å²) in [6.45, 7) is 0.429. The number of hydrogen-bond donors (Lipinski definition) is 1. The maximum atomic E-state index is 9.09. The minimum atomic E-state index is 0.429. The lowest BCUT2D eigenvalue weighted by molar-refractivity contribution is 0.180. The summed E-state index contributed by atoms with van der Waals surface area (Å²) in [6, 6.07) is 0. The molecule has 2 heteroatoms. The predicted octanol–water partition coefficient (Wildman–Crippen LogP) is 1.76. The van der Waals surface area contributed by atoms with Gasteiger partial charge in [-0.05, 0) is 43.3 Å². The molecule has 0 unspecified atom stereocenters. The van der Waals surface area contributed by atoms with Crippen LogP contribution in [0, 0.1) is 17.8 Å². The SMILES string of the molecule is CS[C@@H]1C[C@@H]2C[C@H](CO)[C@H]1C2. The monoisotopic (exact) mass is 172 g/mol. The number of fused-ring (bicyclic) bond motifs is 2. The summed E-state index contributed by atoms with van der Waals surface area (Å²) >= 11 is 2.00. The van der Waals surface area contributed by atoms with Gasteiger partial charge < -0.3 is 5.11 Å². The summed E-state index contributed by atoms with van der Waals surface area (Å²) in [5, 5.41) is 9.96. The number of thioether (sulfide) groups is 1. The van der Waals surface area contributed by atoms with Gasteiger partial charge in [0.05, 0.1) is 0 Å². The van der Waals surface area contributed by atoms with E-state index in [0.717, 1.165) is 17.1 Å². The molecule has 64 valence electrons. The summed E-state index contributed by atoms with van der Waals surface area (Å²) < 4.78 is 0. The highest BCUT2D eigenvalue weighted by Gasteiger charge is 2.45. The highest BCUT2D eigenvalue weighted by molar-refractivity contribution is 7.99. The van der Waals surface area contributed by atoms with Crippen LogP contribution in [0.1, 0.15) is 19.3 Å². The van der Waals surface area contributed by atoms with Crippen LogP contribution in [0.3, 0.4) is 0 Å². The van der Waals surface area contributed by atoms with Gasteiger partial charge in [-0.2, -0.15) is 11.8 Å². The number of aliphatic hydroxyl groups is 1. The van der Waals surface area contributed by atoms with Crippen LogP contribution in [0.15, 0.2) is 0 Å². The molecule has 4 atom stereocenters. The van der Waals surface area contributed by atoms with Crippen LogP contribution in [0.5, 0.6) is 0 Å². The molecule has 2 aliphatic carbocycles. The molecule has 11 heavy (non-hydrogen) atoms. The molecule has 2 rings (SSSR count). The van der Waals surface area contributed by atoms with E-state index in [0.29, 0.717) is 12.5 Å². The van der Waals surface area contributed by atoms with Crippen molar-refractivity contribution in [2.75, 3.05) is 12.9 Å². The predicted molar refractivity (Wildman–Crippen MR) is 48.7 cm³/mol. The normalized spacial score (nSPS) is 48.5. The van der Waals surface area contributed by atoms with Crippen LogP contribution in [0.25, 0.3) is 0 Å². The molecule has 0 aliphatic heterocycles. The van der Waals surface area contributed by atoms with Gasteiger partial charge in [0.15, 0.2) is 0 Å². The minimum Gasteiger partial charge on any atom is -0.396 e. The third-order valence-electron chi connectivity index (χ3n) is 3.43. The Balaban J connectivity index is 2.02. The van der Waals surface area contributed by atoms with E-state index >= 15 is 0 Å². The zero-order valence-electron chi connectivity index (χ0n) is 6.99. The third kappa shape index (κ3) is 1.20. The fraction of sp³-hybridized carbons (Fsp3) is 1.00. The summed E-state index contributed by atoms with van der Waals surface area (Å²) in [4.78, 5) is 0. The van der Waals surface area contributed by atoms with Gasteiger partial charge in [-0.1, -0.05) is 0 Å². The van der Waals surface area contributed by atoms with Gasteiger partial charge >= 0.3 is 0 Å². The molecule has 0 spiro atoms. The van der Waals surface area contributed by atoms with Gasteiger partial charge in [0, 0.05) is 11.9 Å². The first kappa shape index (κ1) is 7.93. The second kappa shape index (κ2) is 2.98. The van der Waals surface area contributed by atoms with Crippen molar-refractivity contribution in [1.29, 1.82) is 0 Å². The van der Waals surface area contributed by atoms with Crippen LogP contribution < -0.4 is 0 Å². The van der Waals surface area contributed by atoms with Crippen LogP contribution in [-0.2, 0) is 0 Å². The van der Waals surface area contributed by atoms with E-state index in [-0.39, 0.29) is 0 Å². The van der Waals surface area contributed by atoms with Crippen molar-refractivity contribution in [2.45, 2.75) is 24.5 Å². The molecule has 0 amide bonds. The molecule has 1 nitrogen and oxygen atoms in total. The molecule has 2 aliphatic rings. The largest absolute Gasteiger partial charge is 0.396 e. The lowest BCUT2D eigenvalue weighted by atomic mass is 9.89. The maximum absolute atomic E-state index is 9.09. The van der Waals surface area contributed by atoms with Crippen molar-refractivity contribution in [2.24, 2.45) is 17.8 Å². The van der Waals surface area contributed by atoms with Crippen molar-refractivity contribution in [3.63, 3.8) is 0 Å². The first-order chi connectivity index (χ1) is 5.35. The van der Waals surface area contributed by atoms with E-state index in [2.05, 4.69) is 6.26 Å². The average molecular weight is 172 g/mol. The van der Waals surface area contributed by atoms with Crippen LogP contribution >= 0.6 is 11.8 Å². The molecule has 2 fully saturated rings. The summed E-state index contributed by atoms with van der Waals surface area (Å²) in [5.74, 6) is 2.45. The molecule has 0 aromatic carbocycles. The van der Waals surface area contributed by atoms with E-state index in [1.807, 2.05) is 11.8 Å². The van der Waals surface area contributed by atoms with Crippen LogP contribution in [-0.4, -0.2) is 23.2 Å². The highest BCUT2D eigenvalue weighted by atomic mass is 32.2. The molecular formula is C9H16OS. The molecule has 0 aromatic rings. The molecule has 0 heterocycles. The van der Waals surface area contributed by atoms with Gasteiger partial charge in [0.1, 0.15) is 0 Å². The fourth-order valence-corrected chi connectivity index (χ4v) is 4.06. The highest BCUT2D eigenvalue weighted by Crippen LogP contribution is 2.51. The molecule has 0 saturated heterocycles. The minimum absolute atomic E-state index is 0.429. The first-order valence-electron chi connectivity index (χ1n) is 4.48. The lowest BCUT2D eigenvalue weighted by Gasteiger charge is -2.26. The average Bonchev–Trinajstić information content (AvgIpc) is 2.60. The number of hydrogen-bond acceptors (Lipinski definition) is 2. The van der Waals surface area contributed by atoms with E-state index < -0.39 is 0 Å². The molecule has 2 bridgehead atoms.